The Morgan fingerprint density at radius 1 is 0.953 bits per heavy atom. The van der Waals surface area contributed by atoms with E-state index in [1.807, 2.05) is 61.5 Å². The van der Waals surface area contributed by atoms with Crippen LogP contribution in [0.2, 0.25) is 15.1 Å². The van der Waals surface area contributed by atoms with Gasteiger partial charge in [-0.05, 0) is 74.8 Å². The van der Waals surface area contributed by atoms with Crippen molar-refractivity contribution in [3.63, 3.8) is 0 Å². The highest BCUT2D eigenvalue weighted by molar-refractivity contribution is 7.47. The lowest BCUT2D eigenvalue weighted by Gasteiger charge is -2.24. The number of likely N-dealkylation sites (N-methyl/N-ethyl adjacent to an activating group) is 1. The molecule has 0 radical (unpaired) electrons. The van der Waals surface area contributed by atoms with Crippen molar-refractivity contribution in [2.24, 2.45) is 0 Å². The van der Waals surface area contributed by atoms with Gasteiger partial charge in [0.15, 0.2) is 6.79 Å². The van der Waals surface area contributed by atoms with Gasteiger partial charge in [0.2, 0.25) is 0 Å². The molecule has 0 aliphatic heterocycles. The number of benzene rings is 3. The summed E-state index contributed by atoms with van der Waals surface area (Å²) < 4.78 is 40.7. The van der Waals surface area contributed by atoms with Crippen molar-refractivity contribution in [1.29, 1.82) is 0 Å². The number of para-hydroxylation sites is 1. The first kappa shape index (κ1) is 35.9. The summed E-state index contributed by atoms with van der Waals surface area (Å²) in [5, 5.41) is 0.674. The minimum Gasteiger partial charge on any atom is -0.497 e. The molecule has 0 saturated heterocycles. The Balaban J connectivity index is 1.59. The first-order chi connectivity index (χ1) is 20.5. The van der Waals surface area contributed by atoms with E-state index in [-0.39, 0.29) is 34.0 Å². The van der Waals surface area contributed by atoms with Crippen LogP contribution >= 0.6 is 54.2 Å². The second-order valence-electron chi connectivity index (χ2n) is 9.90. The summed E-state index contributed by atoms with van der Waals surface area (Å²) in [5.74, 6) is 1.68. The predicted molar refractivity (Wildman–Crippen MR) is 172 cm³/mol. The van der Waals surface area contributed by atoms with Crippen molar-refractivity contribution in [2.45, 2.75) is 31.5 Å². The zero-order chi connectivity index (χ0) is 31.4. The number of aryl methyl sites for hydroxylation is 2. The fraction of sp³-hybridized carbons (Fsp3) is 0.400. The molecule has 13 heteroatoms. The summed E-state index contributed by atoms with van der Waals surface area (Å²) in [6.07, 6.45) is 0.299. The van der Waals surface area contributed by atoms with E-state index in [0.29, 0.717) is 12.1 Å². The zero-order valence-electron chi connectivity index (χ0n) is 24.2. The monoisotopic (exact) mass is 693 g/mol. The molecule has 236 valence electrons. The Hall–Kier alpha value is -1.55. The van der Waals surface area contributed by atoms with E-state index in [9.17, 15) is 9.46 Å². The van der Waals surface area contributed by atoms with E-state index in [1.165, 1.54) is 12.1 Å². The number of rotatable bonds is 18. The van der Waals surface area contributed by atoms with E-state index >= 15 is 0 Å². The van der Waals surface area contributed by atoms with Crippen LogP contribution in [0, 0.1) is 0 Å². The zero-order valence-corrected chi connectivity index (χ0v) is 28.1. The molecule has 8 nitrogen and oxygen atoms in total. The lowest BCUT2D eigenvalue weighted by Crippen LogP contribution is -2.34. The molecule has 0 aliphatic carbocycles. The van der Waals surface area contributed by atoms with Crippen molar-refractivity contribution < 1.29 is 32.7 Å². The maximum atomic E-state index is 12.8. The normalized spacial score (nSPS) is 14.3. The highest BCUT2D eigenvalue weighted by atomic mass is 35.5. The third-order valence-electron chi connectivity index (χ3n) is 6.32. The van der Waals surface area contributed by atoms with Crippen molar-refractivity contribution in [3.05, 3.63) is 92.4 Å². The molecule has 0 aromatic heterocycles. The predicted octanol–water partition coefficient (Wildman–Crippen LogP) is 8.23. The molecule has 3 aromatic rings. The first-order valence-corrected chi connectivity index (χ1v) is 16.6. The highest BCUT2D eigenvalue weighted by Crippen LogP contribution is 2.50. The number of halogens is 4. The van der Waals surface area contributed by atoms with Gasteiger partial charge in [-0.2, -0.15) is 0 Å². The molecule has 3 rings (SSSR count). The van der Waals surface area contributed by atoms with Gasteiger partial charge in [-0.1, -0.05) is 65.1 Å². The smallest absolute Gasteiger partial charge is 0.474 e. The second kappa shape index (κ2) is 17.8. The molecule has 0 spiro atoms. The number of phosphoric ester groups is 1. The van der Waals surface area contributed by atoms with E-state index in [4.69, 9.17) is 69.7 Å². The van der Waals surface area contributed by atoms with Crippen LogP contribution in [0.4, 0.5) is 0 Å². The van der Waals surface area contributed by atoms with Crippen molar-refractivity contribution in [1.82, 2.24) is 4.90 Å². The van der Waals surface area contributed by atoms with Gasteiger partial charge in [0.1, 0.15) is 24.2 Å². The largest absolute Gasteiger partial charge is 0.497 e. The minimum atomic E-state index is -4.59. The number of methoxy groups -OCH3 is 1. The molecule has 1 N–H and O–H groups in total. The number of hydrogen-bond acceptors (Lipinski definition) is 7. The molecular weight excluding hydrogens is 659 g/mol. The maximum absolute atomic E-state index is 12.8. The van der Waals surface area contributed by atoms with Crippen LogP contribution < -0.4 is 9.47 Å². The average Bonchev–Trinajstić information content (AvgIpc) is 2.96. The van der Waals surface area contributed by atoms with Crippen LogP contribution in [0.3, 0.4) is 0 Å². The standard InChI is InChI=1S/C30H36Cl4NO7P/c1-35(2)18-24(19-39-29-10-5-4-8-22(29)12-11-21-7-6-9-23(15-21)38-3)40-20-41-43(36,37)42-30(13-14-31)25-16-27(33)28(34)17-26(25)32/h4-10,15-17,24,30H,11-14,18-20H2,1-3H3,(H,36,37). The molecule has 0 saturated carbocycles. The van der Waals surface area contributed by atoms with Gasteiger partial charge in [-0.15, -0.1) is 11.6 Å². The molecule has 0 fully saturated rings. The molecule has 0 heterocycles. The Kier molecular flexibility index (Phi) is 14.9. The second-order valence-corrected chi connectivity index (χ2v) is 12.9. The molecule has 3 aromatic carbocycles. The summed E-state index contributed by atoms with van der Waals surface area (Å²) in [4.78, 5) is 12.4. The Morgan fingerprint density at radius 3 is 2.42 bits per heavy atom. The SMILES string of the molecule is COc1cccc(CCc2ccccc2OCC(CN(C)C)OCOP(=O)(O)OC(CCCl)c2cc(Cl)c(Cl)cc2Cl)c1. The molecule has 0 bridgehead atoms. The lowest BCUT2D eigenvalue weighted by molar-refractivity contribution is -0.0738. The highest BCUT2D eigenvalue weighted by Gasteiger charge is 2.30. The third-order valence-corrected chi connectivity index (χ3v) is 8.54. The number of alkyl halides is 1. The molecule has 43 heavy (non-hydrogen) atoms. The van der Waals surface area contributed by atoms with Crippen molar-refractivity contribution in [2.75, 3.05) is 47.0 Å². The van der Waals surface area contributed by atoms with E-state index < -0.39 is 26.8 Å². The van der Waals surface area contributed by atoms with Gasteiger partial charge < -0.3 is 24.0 Å². The Morgan fingerprint density at radius 2 is 1.70 bits per heavy atom. The van der Waals surface area contributed by atoms with Crippen LogP contribution in [-0.2, 0) is 31.2 Å². The average molecular weight is 695 g/mol. The van der Waals surface area contributed by atoms with Gasteiger partial charge >= 0.3 is 7.82 Å². The molecule has 0 aliphatic rings. The van der Waals surface area contributed by atoms with Crippen LogP contribution in [0.1, 0.15) is 29.2 Å². The van der Waals surface area contributed by atoms with Crippen LogP contribution in [0.5, 0.6) is 11.5 Å². The van der Waals surface area contributed by atoms with Gasteiger partial charge in [0, 0.05) is 23.0 Å². The summed E-state index contributed by atoms with van der Waals surface area (Å²) in [5.41, 5.74) is 2.56. The fourth-order valence-corrected chi connectivity index (χ4v) is 5.91. The molecule has 0 amide bonds. The van der Waals surface area contributed by atoms with E-state index in [1.54, 1.807) is 7.11 Å². The van der Waals surface area contributed by atoms with Crippen LogP contribution in [-0.4, -0.2) is 62.9 Å². The molecular formula is C30H36Cl4NO7P. The van der Waals surface area contributed by atoms with E-state index in [0.717, 1.165) is 35.5 Å². The summed E-state index contributed by atoms with van der Waals surface area (Å²) >= 11 is 24.3. The minimum absolute atomic E-state index is 0.126. The van der Waals surface area contributed by atoms with Gasteiger partial charge in [0.05, 0.1) is 23.3 Å². The quantitative estimate of drug-likeness (QED) is 0.0617. The number of hydrogen-bond donors (Lipinski definition) is 1. The Labute approximate surface area is 273 Å². The van der Waals surface area contributed by atoms with Gasteiger partial charge in [0.25, 0.3) is 0 Å². The number of nitrogens with zero attached hydrogens (tertiary/aromatic N) is 1. The molecule has 3 unspecified atom stereocenters. The topological polar surface area (TPSA) is 86.7 Å². The van der Waals surface area contributed by atoms with Crippen LogP contribution in [0.25, 0.3) is 0 Å². The van der Waals surface area contributed by atoms with Crippen LogP contribution in [0.15, 0.2) is 60.7 Å². The number of phosphoric acid groups is 1. The fourth-order valence-electron chi connectivity index (χ4n) is 4.23. The lowest BCUT2D eigenvalue weighted by atomic mass is 10.0. The summed E-state index contributed by atoms with van der Waals surface area (Å²) in [6, 6.07) is 18.7. The van der Waals surface area contributed by atoms with Gasteiger partial charge in [-0.25, -0.2) is 4.57 Å². The third kappa shape index (κ3) is 12.0. The van der Waals surface area contributed by atoms with Gasteiger partial charge in [-0.3, -0.25) is 9.05 Å². The molecule has 3 atom stereocenters. The van der Waals surface area contributed by atoms with E-state index in [2.05, 4.69) is 6.07 Å². The van der Waals surface area contributed by atoms with Crippen molar-refractivity contribution in [3.8, 4) is 11.5 Å². The Bertz CT molecular complexity index is 1360. The van der Waals surface area contributed by atoms with Crippen molar-refractivity contribution >= 4 is 54.2 Å². The summed E-state index contributed by atoms with van der Waals surface area (Å²) in [7, 11) is 0.831. The summed E-state index contributed by atoms with van der Waals surface area (Å²) in [6.45, 7) is 0.136. The first-order valence-electron chi connectivity index (χ1n) is 13.5. The maximum Gasteiger partial charge on any atom is 0.474 e. The number of ether oxygens (including phenoxy) is 3.